The standard InChI is InChI=1S/C12H15NO3/c1-15-11-4-2-3-10(7-11)12(14)13-16-8-9-5-6-9/h2-4,7,9H,5-6,8H2,1H3,(H,13,14). The van der Waals surface area contributed by atoms with Gasteiger partial charge in [-0.2, -0.15) is 0 Å². The summed E-state index contributed by atoms with van der Waals surface area (Å²) in [5.74, 6) is 1.06. The molecular formula is C12H15NO3. The third-order valence-electron chi connectivity index (χ3n) is 2.51. The topological polar surface area (TPSA) is 47.6 Å². The van der Waals surface area contributed by atoms with Crippen molar-refractivity contribution >= 4 is 5.91 Å². The summed E-state index contributed by atoms with van der Waals surface area (Å²) in [6.45, 7) is 0.607. The van der Waals surface area contributed by atoms with Gasteiger partial charge in [0.25, 0.3) is 5.91 Å². The summed E-state index contributed by atoms with van der Waals surface area (Å²) in [7, 11) is 1.57. The molecule has 1 aliphatic rings. The number of amides is 1. The Balaban J connectivity index is 1.86. The van der Waals surface area contributed by atoms with Crippen molar-refractivity contribution in [2.24, 2.45) is 5.92 Å². The number of hydrogen-bond donors (Lipinski definition) is 1. The Morgan fingerprint density at radius 2 is 2.31 bits per heavy atom. The summed E-state index contributed by atoms with van der Waals surface area (Å²) in [5.41, 5.74) is 2.96. The molecule has 1 fully saturated rings. The Morgan fingerprint density at radius 3 is 3.00 bits per heavy atom. The van der Waals surface area contributed by atoms with E-state index in [1.165, 1.54) is 12.8 Å². The average molecular weight is 221 g/mol. The predicted octanol–water partition coefficient (Wildman–Crippen LogP) is 1.77. The fourth-order valence-corrected chi connectivity index (χ4v) is 1.33. The van der Waals surface area contributed by atoms with Crippen molar-refractivity contribution in [3.8, 4) is 5.75 Å². The molecule has 4 heteroatoms. The molecule has 16 heavy (non-hydrogen) atoms. The van der Waals surface area contributed by atoms with Crippen LogP contribution in [0.3, 0.4) is 0 Å². The maximum absolute atomic E-state index is 11.6. The number of hydroxylamine groups is 1. The highest BCUT2D eigenvalue weighted by molar-refractivity contribution is 5.93. The number of nitrogens with one attached hydrogen (secondary N) is 1. The Hall–Kier alpha value is -1.55. The Labute approximate surface area is 94.5 Å². The van der Waals surface area contributed by atoms with Crippen molar-refractivity contribution in [2.45, 2.75) is 12.8 Å². The van der Waals surface area contributed by atoms with Crippen molar-refractivity contribution < 1.29 is 14.4 Å². The van der Waals surface area contributed by atoms with Gasteiger partial charge in [-0.1, -0.05) is 6.07 Å². The summed E-state index contributed by atoms with van der Waals surface area (Å²) in [5, 5.41) is 0. The monoisotopic (exact) mass is 221 g/mol. The first-order valence-corrected chi connectivity index (χ1v) is 5.36. The summed E-state index contributed by atoms with van der Waals surface area (Å²) in [6.07, 6.45) is 2.41. The van der Waals surface area contributed by atoms with Gasteiger partial charge in [-0.3, -0.25) is 9.63 Å². The second-order valence-electron chi connectivity index (χ2n) is 3.92. The number of ether oxygens (including phenoxy) is 1. The number of benzene rings is 1. The molecule has 1 N–H and O–H groups in total. The molecule has 2 rings (SSSR count). The number of carbonyl (C=O) groups excluding carboxylic acids is 1. The highest BCUT2D eigenvalue weighted by Gasteiger charge is 2.21. The maximum Gasteiger partial charge on any atom is 0.274 e. The molecule has 1 aromatic carbocycles. The molecular weight excluding hydrogens is 206 g/mol. The van der Waals surface area contributed by atoms with Crippen LogP contribution in [-0.2, 0) is 4.84 Å². The van der Waals surface area contributed by atoms with Gasteiger partial charge in [0.15, 0.2) is 0 Å². The molecule has 0 unspecified atom stereocenters. The van der Waals surface area contributed by atoms with Crippen molar-refractivity contribution in [2.75, 3.05) is 13.7 Å². The van der Waals surface area contributed by atoms with E-state index in [1.54, 1.807) is 31.4 Å². The lowest BCUT2D eigenvalue weighted by atomic mass is 10.2. The van der Waals surface area contributed by atoms with Gasteiger partial charge >= 0.3 is 0 Å². The number of methoxy groups -OCH3 is 1. The van der Waals surface area contributed by atoms with Gasteiger partial charge in [-0.05, 0) is 37.0 Å². The van der Waals surface area contributed by atoms with Crippen LogP contribution in [-0.4, -0.2) is 19.6 Å². The lowest BCUT2D eigenvalue weighted by molar-refractivity contribution is 0.0270. The van der Waals surface area contributed by atoms with Crippen LogP contribution in [0.25, 0.3) is 0 Å². The van der Waals surface area contributed by atoms with E-state index in [1.807, 2.05) is 0 Å². The van der Waals surface area contributed by atoms with E-state index in [4.69, 9.17) is 9.57 Å². The van der Waals surface area contributed by atoms with E-state index in [-0.39, 0.29) is 5.91 Å². The van der Waals surface area contributed by atoms with Gasteiger partial charge < -0.3 is 4.74 Å². The molecule has 0 spiro atoms. The number of hydrogen-bond acceptors (Lipinski definition) is 3. The molecule has 0 heterocycles. The van der Waals surface area contributed by atoms with E-state index in [2.05, 4.69) is 5.48 Å². The van der Waals surface area contributed by atoms with Crippen LogP contribution in [0.2, 0.25) is 0 Å². The third-order valence-corrected chi connectivity index (χ3v) is 2.51. The molecule has 1 aromatic rings. The van der Waals surface area contributed by atoms with Gasteiger partial charge in [0.2, 0.25) is 0 Å². The van der Waals surface area contributed by atoms with Crippen molar-refractivity contribution in [1.82, 2.24) is 5.48 Å². The van der Waals surface area contributed by atoms with E-state index in [9.17, 15) is 4.79 Å². The SMILES string of the molecule is COc1cccc(C(=O)NOCC2CC2)c1. The minimum Gasteiger partial charge on any atom is -0.497 e. The minimum absolute atomic E-state index is 0.237. The van der Waals surface area contributed by atoms with E-state index in [0.717, 1.165) is 0 Å². The van der Waals surface area contributed by atoms with Gasteiger partial charge in [-0.25, -0.2) is 5.48 Å². The smallest absolute Gasteiger partial charge is 0.274 e. The Bertz CT molecular complexity index is 374. The molecule has 86 valence electrons. The first-order chi connectivity index (χ1) is 7.79. The molecule has 0 bridgehead atoms. The average Bonchev–Trinajstić information content (AvgIpc) is 3.13. The first kappa shape index (κ1) is 11.0. The van der Waals surface area contributed by atoms with Crippen molar-refractivity contribution in [1.29, 1.82) is 0 Å². The second kappa shape index (κ2) is 4.99. The second-order valence-corrected chi connectivity index (χ2v) is 3.92. The highest BCUT2D eigenvalue weighted by Crippen LogP contribution is 2.28. The molecule has 1 saturated carbocycles. The van der Waals surface area contributed by atoms with Gasteiger partial charge in [0.05, 0.1) is 13.7 Å². The zero-order valence-corrected chi connectivity index (χ0v) is 9.23. The van der Waals surface area contributed by atoms with Crippen LogP contribution < -0.4 is 10.2 Å². The summed E-state index contributed by atoms with van der Waals surface area (Å²) < 4.78 is 5.04. The van der Waals surface area contributed by atoms with Crippen LogP contribution in [0.1, 0.15) is 23.2 Å². The van der Waals surface area contributed by atoms with Crippen molar-refractivity contribution in [3.63, 3.8) is 0 Å². The van der Waals surface area contributed by atoms with E-state index in [0.29, 0.717) is 23.8 Å². The maximum atomic E-state index is 11.6. The van der Waals surface area contributed by atoms with Gasteiger partial charge in [-0.15, -0.1) is 0 Å². The fourth-order valence-electron chi connectivity index (χ4n) is 1.33. The van der Waals surface area contributed by atoms with E-state index >= 15 is 0 Å². The third kappa shape index (κ3) is 2.97. The Kier molecular flexibility index (Phi) is 3.41. The lowest BCUT2D eigenvalue weighted by Crippen LogP contribution is -2.24. The molecule has 1 amide bonds. The van der Waals surface area contributed by atoms with Crippen LogP contribution in [0.15, 0.2) is 24.3 Å². The number of carbonyl (C=O) groups is 1. The van der Waals surface area contributed by atoms with Crippen LogP contribution in [0.5, 0.6) is 5.75 Å². The van der Waals surface area contributed by atoms with Crippen LogP contribution >= 0.6 is 0 Å². The number of rotatable bonds is 5. The van der Waals surface area contributed by atoms with Crippen LogP contribution in [0.4, 0.5) is 0 Å². The molecule has 0 atom stereocenters. The normalized spacial score (nSPS) is 14.6. The minimum atomic E-state index is -0.237. The zero-order chi connectivity index (χ0) is 11.4. The predicted molar refractivity (Wildman–Crippen MR) is 59.1 cm³/mol. The summed E-state index contributed by atoms with van der Waals surface area (Å²) in [4.78, 5) is 16.7. The van der Waals surface area contributed by atoms with E-state index < -0.39 is 0 Å². The first-order valence-electron chi connectivity index (χ1n) is 5.36. The largest absolute Gasteiger partial charge is 0.497 e. The molecule has 0 saturated heterocycles. The summed E-state index contributed by atoms with van der Waals surface area (Å²) >= 11 is 0. The molecule has 1 aliphatic carbocycles. The molecule has 4 nitrogen and oxygen atoms in total. The lowest BCUT2D eigenvalue weighted by Gasteiger charge is -2.06. The highest BCUT2D eigenvalue weighted by atomic mass is 16.7. The van der Waals surface area contributed by atoms with Gasteiger partial charge in [0, 0.05) is 5.56 Å². The summed E-state index contributed by atoms with van der Waals surface area (Å²) in [6, 6.07) is 6.96. The quantitative estimate of drug-likeness (QED) is 0.771. The molecule has 0 radical (unpaired) electrons. The van der Waals surface area contributed by atoms with Crippen molar-refractivity contribution in [3.05, 3.63) is 29.8 Å². The van der Waals surface area contributed by atoms with Crippen LogP contribution in [0, 0.1) is 5.92 Å². The zero-order valence-electron chi connectivity index (χ0n) is 9.23. The molecule has 0 aromatic heterocycles. The van der Waals surface area contributed by atoms with Gasteiger partial charge in [0.1, 0.15) is 5.75 Å². The Morgan fingerprint density at radius 1 is 1.50 bits per heavy atom. The molecule has 0 aliphatic heterocycles. The fraction of sp³-hybridized carbons (Fsp3) is 0.417.